The van der Waals surface area contributed by atoms with Crippen molar-refractivity contribution in [2.45, 2.75) is 25.9 Å². The number of phenols is 1. The van der Waals surface area contributed by atoms with E-state index in [-0.39, 0.29) is 17.8 Å². The van der Waals surface area contributed by atoms with Crippen molar-refractivity contribution in [2.75, 3.05) is 12.0 Å². The summed E-state index contributed by atoms with van der Waals surface area (Å²) >= 11 is 0. The largest absolute Gasteiger partial charge is 0.508 e. The van der Waals surface area contributed by atoms with Gasteiger partial charge in [0.15, 0.2) is 0 Å². The Morgan fingerprint density at radius 1 is 1.47 bits per heavy atom. The Morgan fingerprint density at radius 3 is 2.65 bits per heavy atom. The van der Waals surface area contributed by atoms with E-state index in [0.29, 0.717) is 11.3 Å². The van der Waals surface area contributed by atoms with Gasteiger partial charge in [0.1, 0.15) is 11.6 Å². The third kappa shape index (κ3) is 4.44. The van der Waals surface area contributed by atoms with Crippen LogP contribution in [0.1, 0.15) is 25.5 Å². The highest BCUT2D eigenvalue weighted by molar-refractivity contribution is 7.84. The van der Waals surface area contributed by atoms with Crippen LogP contribution < -0.4 is 5.32 Å². The van der Waals surface area contributed by atoms with E-state index in [1.54, 1.807) is 12.3 Å². The number of benzene rings is 1. The fourth-order valence-corrected chi connectivity index (χ4v) is 2.58. The van der Waals surface area contributed by atoms with Crippen molar-refractivity contribution in [3.8, 4) is 5.75 Å². The van der Waals surface area contributed by atoms with Crippen LogP contribution in [0.2, 0.25) is 0 Å². The van der Waals surface area contributed by atoms with Gasteiger partial charge in [0, 0.05) is 46.5 Å². The first-order chi connectivity index (χ1) is 7.90. The maximum atomic E-state index is 13.6. The Labute approximate surface area is 104 Å². The van der Waals surface area contributed by atoms with E-state index in [1.807, 2.05) is 13.8 Å². The number of nitrogens with one attached hydrogen (secondary N) is 1. The van der Waals surface area contributed by atoms with E-state index in [1.165, 1.54) is 6.07 Å². The number of halogens is 1. The van der Waals surface area contributed by atoms with Crippen molar-refractivity contribution in [1.82, 2.24) is 5.32 Å². The standard InChI is InChI=1S/C12H18FNO2S/c1-8(7-17(3)16)14-9(2)11-5-4-10(15)6-12(11)13/h4-6,8-9,14-15H,7H2,1-3H3. The van der Waals surface area contributed by atoms with E-state index < -0.39 is 16.6 Å². The highest BCUT2D eigenvalue weighted by atomic mass is 32.2. The molecule has 5 heteroatoms. The summed E-state index contributed by atoms with van der Waals surface area (Å²) in [6.45, 7) is 3.75. The molecule has 0 fully saturated rings. The number of hydrogen-bond donors (Lipinski definition) is 2. The third-order valence-corrected chi connectivity index (χ3v) is 3.44. The zero-order valence-corrected chi connectivity index (χ0v) is 11.1. The molecule has 0 aliphatic heterocycles. The lowest BCUT2D eigenvalue weighted by Crippen LogP contribution is -2.33. The lowest BCUT2D eigenvalue weighted by atomic mass is 10.1. The van der Waals surface area contributed by atoms with Gasteiger partial charge in [-0.3, -0.25) is 4.21 Å². The molecule has 1 rings (SSSR count). The first-order valence-corrected chi connectivity index (χ1v) is 7.17. The van der Waals surface area contributed by atoms with Crippen LogP contribution in [0, 0.1) is 5.82 Å². The lowest BCUT2D eigenvalue weighted by Gasteiger charge is -2.20. The molecule has 0 bridgehead atoms. The molecule has 0 aromatic heterocycles. The van der Waals surface area contributed by atoms with Gasteiger partial charge in [-0.05, 0) is 19.9 Å². The fraction of sp³-hybridized carbons (Fsp3) is 0.500. The summed E-state index contributed by atoms with van der Waals surface area (Å²) in [5.74, 6) is 0.0142. The quantitative estimate of drug-likeness (QED) is 0.849. The SMILES string of the molecule is CC(CS(C)=O)NC(C)c1ccc(O)cc1F. The zero-order valence-electron chi connectivity index (χ0n) is 10.2. The fourth-order valence-electron chi connectivity index (χ4n) is 1.78. The van der Waals surface area contributed by atoms with E-state index >= 15 is 0 Å². The van der Waals surface area contributed by atoms with Crippen LogP contribution >= 0.6 is 0 Å². The Morgan fingerprint density at radius 2 is 2.12 bits per heavy atom. The van der Waals surface area contributed by atoms with Crippen LogP contribution in [0.15, 0.2) is 18.2 Å². The molecule has 0 radical (unpaired) electrons. The lowest BCUT2D eigenvalue weighted by molar-refractivity contribution is 0.458. The van der Waals surface area contributed by atoms with E-state index in [2.05, 4.69) is 5.32 Å². The topological polar surface area (TPSA) is 49.3 Å². The normalized spacial score (nSPS) is 16.5. The molecule has 96 valence electrons. The zero-order chi connectivity index (χ0) is 13.0. The van der Waals surface area contributed by atoms with Gasteiger partial charge >= 0.3 is 0 Å². The maximum absolute atomic E-state index is 13.6. The molecule has 3 atom stereocenters. The highest BCUT2D eigenvalue weighted by Crippen LogP contribution is 2.21. The highest BCUT2D eigenvalue weighted by Gasteiger charge is 2.14. The molecule has 2 N–H and O–H groups in total. The van der Waals surface area contributed by atoms with Gasteiger partial charge in [-0.15, -0.1) is 0 Å². The first kappa shape index (κ1) is 14.1. The van der Waals surface area contributed by atoms with Crippen LogP contribution in [0.4, 0.5) is 4.39 Å². The monoisotopic (exact) mass is 259 g/mol. The Hall–Kier alpha value is -0.940. The minimum atomic E-state index is -0.874. The summed E-state index contributed by atoms with van der Waals surface area (Å²) in [7, 11) is -0.874. The number of rotatable bonds is 5. The Balaban J connectivity index is 2.69. The molecule has 0 saturated carbocycles. The van der Waals surface area contributed by atoms with Crippen LogP contribution in [-0.2, 0) is 10.8 Å². The van der Waals surface area contributed by atoms with Crippen molar-refractivity contribution in [1.29, 1.82) is 0 Å². The van der Waals surface area contributed by atoms with Gasteiger partial charge in [0.25, 0.3) is 0 Å². The van der Waals surface area contributed by atoms with Crippen LogP contribution in [-0.4, -0.2) is 27.4 Å². The molecular weight excluding hydrogens is 241 g/mol. The Bertz CT molecular complexity index is 411. The summed E-state index contributed by atoms with van der Waals surface area (Å²) in [6.07, 6.45) is 1.64. The summed E-state index contributed by atoms with van der Waals surface area (Å²) in [6, 6.07) is 3.96. The van der Waals surface area contributed by atoms with E-state index in [0.717, 1.165) is 6.07 Å². The number of aromatic hydroxyl groups is 1. The predicted molar refractivity (Wildman–Crippen MR) is 68.0 cm³/mol. The number of hydrogen-bond acceptors (Lipinski definition) is 3. The second-order valence-electron chi connectivity index (χ2n) is 4.24. The molecule has 1 aromatic carbocycles. The van der Waals surface area contributed by atoms with Crippen molar-refractivity contribution in [2.24, 2.45) is 0 Å². The summed E-state index contributed by atoms with van der Waals surface area (Å²) in [4.78, 5) is 0. The maximum Gasteiger partial charge on any atom is 0.131 e. The first-order valence-electron chi connectivity index (χ1n) is 5.44. The minimum absolute atomic E-state index is 0.0454. The average Bonchev–Trinajstić information content (AvgIpc) is 2.15. The molecule has 1 aromatic rings. The molecular formula is C12H18FNO2S. The van der Waals surface area contributed by atoms with Gasteiger partial charge in [-0.1, -0.05) is 6.07 Å². The van der Waals surface area contributed by atoms with Gasteiger partial charge in [-0.2, -0.15) is 0 Å². The average molecular weight is 259 g/mol. The molecule has 0 aliphatic carbocycles. The summed E-state index contributed by atoms with van der Waals surface area (Å²) in [5.41, 5.74) is 0.497. The second kappa shape index (κ2) is 6.12. The minimum Gasteiger partial charge on any atom is -0.508 e. The molecule has 0 heterocycles. The van der Waals surface area contributed by atoms with Crippen molar-refractivity contribution in [3.05, 3.63) is 29.6 Å². The third-order valence-electron chi connectivity index (χ3n) is 2.47. The van der Waals surface area contributed by atoms with Crippen molar-refractivity contribution in [3.63, 3.8) is 0 Å². The van der Waals surface area contributed by atoms with Crippen LogP contribution in [0.5, 0.6) is 5.75 Å². The van der Waals surface area contributed by atoms with Gasteiger partial charge in [0.2, 0.25) is 0 Å². The van der Waals surface area contributed by atoms with Gasteiger partial charge in [0.05, 0.1) is 0 Å². The van der Waals surface area contributed by atoms with Crippen molar-refractivity contribution < 1.29 is 13.7 Å². The molecule has 0 spiro atoms. The van der Waals surface area contributed by atoms with Gasteiger partial charge < -0.3 is 10.4 Å². The Kier molecular flexibility index (Phi) is 5.08. The molecule has 17 heavy (non-hydrogen) atoms. The van der Waals surface area contributed by atoms with Crippen LogP contribution in [0.25, 0.3) is 0 Å². The summed E-state index contributed by atoms with van der Waals surface area (Å²) < 4.78 is 24.6. The number of phenolic OH excluding ortho intramolecular Hbond substituents is 1. The van der Waals surface area contributed by atoms with Crippen molar-refractivity contribution >= 4 is 10.8 Å². The molecule has 0 amide bonds. The van der Waals surface area contributed by atoms with E-state index in [4.69, 9.17) is 5.11 Å². The molecule has 3 unspecified atom stereocenters. The van der Waals surface area contributed by atoms with Crippen LogP contribution in [0.3, 0.4) is 0 Å². The molecule has 3 nitrogen and oxygen atoms in total. The summed E-state index contributed by atoms with van der Waals surface area (Å²) in [5, 5.41) is 12.3. The smallest absolute Gasteiger partial charge is 0.131 e. The van der Waals surface area contributed by atoms with Gasteiger partial charge in [-0.25, -0.2) is 4.39 Å². The predicted octanol–water partition coefficient (Wildman–Crippen LogP) is 1.95. The molecule has 0 saturated heterocycles. The molecule has 0 aliphatic rings. The second-order valence-corrected chi connectivity index (χ2v) is 5.71. The van der Waals surface area contributed by atoms with E-state index in [9.17, 15) is 8.60 Å².